The van der Waals surface area contributed by atoms with Gasteiger partial charge in [0.05, 0.1) is 0 Å². The van der Waals surface area contributed by atoms with E-state index in [0.717, 1.165) is 23.1 Å². The molecule has 13 heavy (non-hydrogen) atoms. The highest BCUT2D eigenvalue weighted by Gasteiger charge is 2.02. The Morgan fingerprint density at radius 3 is 2.85 bits per heavy atom. The van der Waals surface area contributed by atoms with Gasteiger partial charge >= 0.3 is 0 Å². The lowest BCUT2D eigenvalue weighted by molar-refractivity contribution is 0.535. The van der Waals surface area contributed by atoms with E-state index in [1.165, 1.54) is 0 Å². The van der Waals surface area contributed by atoms with Crippen molar-refractivity contribution in [2.45, 2.75) is 13.3 Å². The van der Waals surface area contributed by atoms with Gasteiger partial charge in [0.2, 0.25) is 0 Å². The van der Waals surface area contributed by atoms with Crippen molar-refractivity contribution in [3.63, 3.8) is 0 Å². The molecular weight excluding hydrogens is 228 g/mol. The maximum Gasteiger partial charge on any atom is 0.0413 e. The van der Waals surface area contributed by atoms with Crippen LogP contribution >= 0.6 is 15.9 Å². The first-order valence-corrected chi connectivity index (χ1v) is 5.26. The maximum absolute atomic E-state index is 4.33. The molecule has 1 unspecified atom stereocenters. The smallest absolute Gasteiger partial charge is 0.0413 e. The summed E-state index contributed by atoms with van der Waals surface area (Å²) in [6, 6.07) is 4.10. The number of halogens is 1. The van der Waals surface area contributed by atoms with Crippen LogP contribution in [0.4, 0.5) is 0 Å². The van der Waals surface area contributed by atoms with Gasteiger partial charge in [-0.1, -0.05) is 6.92 Å². The maximum atomic E-state index is 4.33. The van der Waals surface area contributed by atoms with Crippen LogP contribution in [0.15, 0.2) is 22.8 Å². The van der Waals surface area contributed by atoms with E-state index < -0.39 is 0 Å². The Labute approximate surface area is 87.9 Å². The Morgan fingerprint density at radius 2 is 2.31 bits per heavy atom. The zero-order chi connectivity index (χ0) is 9.68. The molecule has 0 amide bonds. The molecule has 0 aromatic carbocycles. The Bertz CT molecular complexity index is 246. The predicted octanol–water partition coefficient (Wildman–Crippen LogP) is 2.24. The zero-order valence-electron chi connectivity index (χ0n) is 8.05. The highest BCUT2D eigenvalue weighted by atomic mass is 79.9. The first-order valence-electron chi connectivity index (χ1n) is 4.47. The summed E-state index contributed by atoms with van der Waals surface area (Å²) in [4.78, 5) is 4.33. The van der Waals surface area contributed by atoms with E-state index in [0.29, 0.717) is 5.92 Å². The third-order valence-electron chi connectivity index (χ3n) is 1.90. The fourth-order valence-electron chi connectivity index (χ4n) is 1.30. The first-order chi connectivity index (χ1) is 6.22. The van der Waals surface area contributed by atoms with E-state index in [9.17, 15) is 0 Å². The van der Waals surface area contributed by atoms with E-state index in [1.54, 1.807) is 0 Å². The lowest BCUT2D eigenvalue weighted by atomic mass is 10.1. The van der Waals surface area contributed by atoms with Crippen LogP contribution in [0.25, 0.3) is 0 Å². The van der Waals surface area contributed by atoms with Crippen molar-refractivity contribution in [3.8, 4) is 0 Å². The predicted molar refractivity (Wildman–Crippen MR) is 58.7 cm³/mol. The van der Waals surface area contributed by atoms with Gasteiger partial charge in [-0.3, -0.25) is 4.98 Å². The molecule has 1 rings (SSSR count). The zero-order valence-corrected chi connectivity index (χ0v) is 9.63. The van der Waals surface area contributed by atoms with Gasteiger partial charge in [-0.05, 0) is 54.0 Å². The number of rotatable bonds is 4. The van der Waals surface area contributed by atoms with Crippen LogP contribution in [0.2, 0.25) is 0 Å². The molecule has 72 valence electrons. The van der Waals surface area contributed by atoms with Gasteiger partial charge in [0, 0.05) is 16.4 Å². The SMILES string of the molecule is CNCC(C)Cc1ccc(Br)cn1. The minimum absolute atomic E-state index is 0.638. The third-order valence-corrected chi connectivity index (χ3v) is 2.37. The Hall–Kier alpha value is -0.410. The average Bonchev–Trinajstić information content (AvgIpc) is 2.09. The van der Waals surface area contributed by atoms with Gasteiger partial charge in [0.1, 0.15) is 0 Å². The van der Waals surface area contributed by atoms with Gasteiger partial charge in [-0.25, -0.2) is 0 Å². The van der Waals surface area contributed by atoms with Crippen molar-refractivity contribution in [2.75, 3.05) is 13.6 Å². The topological polar surface area (TPSA) is 24.9 Å². The minimum Gasteiger partial charge on any atom is -0.319 e. The molecule has 1 aromatic rings. The summed E-state index contributed by atoms with van der Waals surface area (Å²) in [6.07, 6.45) is 2.88. The minimum atomic E-state index is 0.638. The quantitative estimate of drug-likeness (QED) is 0.877. The lowest BCUT2D eigenvalue weighted by Crippen LogP contribution is -2.18. The van der Waals surface area contributed by atoms with Crippen LogP contribution in [-0.2, 0) is 6.42 Å². The normalized spacial score (nSPS) is 12.8. The van der Waals surface area contributed by atoms with Gasteiger partial charge in [-0.15, -0.1) is 0 Å². The van der Waals surface area contributed by atoms with Crippen molar-refractivity contribution in [2.24, 2.45) is 5.92 Å². The highest BCUT2D eigenvalue weighted by molar-refractivity contribution is 9.10. The molecular formula is C10H15BrN2. The largest absolute Gasteiger partial charge is 0.319 e. The fourth-order valence-corrected chi connectivity index (χ4v) is 1.54. The molecule has 0 spiro atoms. The number of aromatic nitrogens is 1. The van der Waals surface area contributed by atoms with Crippen molar-refractivity contribution >= 4 is 15.9 Å². The van der Waals surface area contributed by atoms with Crippen LogP contribution in [-0.4, -0.2) is 18.6 Å². The number of hydrogen-bond donors (Lipinski definition) is 1. The van der Waals surface area contributed by atoms with E-state index in [4.69, 9.17) is 0 Å². The second-order valence-corrected chi connectivity index (χ2v) is 4.25. The van der Waals surface area contributed by atoms with Crippen LogP contribution in [0.5, 0.6) is 0 Å². The van der Waals surface area contributed by atoms with E-state index in [-0.39, 0.29) is 0 Å². The molecule has 0 radical (unpaired) electrons. The van der Waals surface area contributed by atoms with Crippen molar-refractivity contribution in [1.29, 1.82) is 0 Å². The number of hydrogen-bond acceptors (Lipinski definition) is 2. The molecule has 0 aliphatic heterocycles. The first kappa shape index (κ1) is 10.7. The van der Waals surface area contributed by atoms with Crippen LogP contribution in [0, 0.1) is 5.92 Å². The molecule has 1 atom stereocenters. The van der Waals surface area contributed by atoms with Crippen molar-refractivity contribution in [3.05, 3.63) is 28.5 Å². The molecule has 0 saturated heterocycles. The monoisotopic (exact) mass is 242 g/mol. The highest BCUT2D eigenvalue weighted by Crippen LogP contribution is 2.10. The molecule has 2 nitrogen and oxygen atoms in total. The molecule has 3 heteroatoms. The molecule has 0 bridgehead atoms. The van der Waals surface area contributed by atoms with Gasteiger partial charge in [0.15, 0.2) is 0 Å². The summed E-state index contributed by atoms with van der Waals surface area (Å²) in [5.74, 6) is 0.638. The molecule has 1 N–H and O–H groups in total. The summed E-state index contributed by atoms with van der Waals surface area (Å²) >= 11 is 3.37. The standard InChI is InChI=1S/C10H15BrN2/c1-8(6-12-2)5-10-4-3-9(11)7-13-10/h3-4,7-8,12H,5-6H2,1-2H3. The number of nitrogens with zero attached hydrogens (tertiary/aromatic N) is 1. The molecule has 0 aliphatic carbocycles. The number of pyridine rings is 1. The van der Waals surface area contributed by atoms with Crippen LogP contribution < -0.4 is 5.32 Å². The third kappa shape index (κ3) is 3.87. The second-order valence-electron chi connectivity index (χ2n) is 3.33. The summed E-state index contributed by atoms with van der Waals surface area (Å²) < 4.78 is 1.04. The van der Waals surface area contributed by atoms with Gasteiger partial charge in [-0.2, -0.15) is 0 Å². The molecule has 0 saturated carbocycles. The second kappa shape index (κ2) is 5.35. The van der Waals surface area contributed by atoms with Gasteiger partial charge in [0.25, 0.3) is 0 Å². The molecule has 0 aliphatic rings. The molecule has 0 fully saturated rings. The summed E-state index contributed by atoms with van der Waals surface area (Å²) in [5.41, 5.74) is 1.16. The Balaban J connectivity index is 2.49. The fraction of sp³-hybridized carbons (Fsp3) is 0.500. The van der Waals surface area contributed by atoms with E-state index in [2.05, 4.69) is 39.2 Å². The van der Waals surface area contributed by atoms with E-state index >= 15 is 0 Å². The van der Waals surface area contributed by atoms with Crippen molar-refractivity contribution in [1.82, 2.24) is 10.3 Å². The van der Waals surface area contributed by atoms with Crippen LogP contribution in [0.1, 0.15) is 12.6 Å². The number of nitrogens with one attached hydrogen (secondary N) is 1. The summed E-state index contributed by atoms with van der Waals surface area (Å²) in [7, 11) is 1.98. The molecule has 1 heterocycles. The Morgan fingerprint density at radius 1 is 1.54 bits per heavy atom. The average molecular weight is 243 g/mol. The van der Waals surface area contributed by atoms with Gasteiger partial charge < -0.3 is 5.32 Å². The Kier molecular flexibility index (Phi) is 4.39. The van der Waals surface area contributed by atoms with Crippen LogP contribution in [0.3, 0.4) is 0 Å². The van der Waals surface area contributed by atoms with E-state index in [1.807, 2.05) is 19.3 Å². The summed E-state index contributed by atoms with van der Waals surface area (Å²) in [6.45, 7) is 3.26. The van der Waals surface area contributed by atoms with Crippen molar-refractivity contribution < 1.29 is 0 Å². The molecule has 1 aromatic heterocycles. The lowest BCUT2D eigenvalue weighted by Gasteiger charge is -2.09. The summed E-state index contributed by atoms with van der Waals surface area (Å²) in [5, 5.41) is 3.16.